The van der Waals surface area contributed by atoms with Gasteiger partial charge in [0.1, 0.15) is 0 Å². The molecule has 0 radical (unpaired) electrons. The van der Waals surface area contributed by atoms with E-state index in [4.69, 9.17) is 10.5 Å². The molecule has 0 amide bonds. The zero-order chi connectivity index (χ0) is 9.26. The summed E-state index contributed by atoms with van der Waals surface area (Å²) >= 11 is 1.50. The molecule has 0 spiro atoms. The Morgan fingerprint density at radius 1 is 1.69 bits per heavy atom. The molecule has 0 saturated carbocycles. The predicted molar refractivity (Wildman–Crippen MR) is 50.7 cm³/mol. The number of nitrogens with two attached hydrogens (primary N) is 1. The summed E-state index contributed by atoms with van der Waals surface area (Å²) in [5.41, 5.74) is 5.72. The van der Waals surface area contributed by atoms with E-state index in [9.17, 15) is 0 Å². The van der Waals surface area contributed by atoms with Gasteiger partial charge in [0.25, 0.3) is 0 Å². The van der Waals surface area contributed by atoms with Gasteiger partial charge in [-0.05, 0) is 12.7 Å². The van der Waals surface area contributed by atoms with E-state index < -0.39 is 0 Å². The number of anilines is 1. The molecule has 1 aliphatic rings. The van der Waals surface area contributed by atoms with Crippen molar-refractivity contribution in [1.29, 1.82) is 0 Å². The zero-order valence-electron chi connectivity index (χ0n) is 7.43. The molecule has 2 heterocycles. The van der Waals surface area contributed by atoms with Crippen LogP contribution in [0.2, 0.25) is 0 Å². The maximum absolute atomic E-state index is 5.72. The Bertz CT molecular complexity index is 295. The van der Waals surface area contributed by atoms with Crippen molar-refractivity contribution >= 4 is 17.7 Å². The van der Waals surface area contributed by atoms with Crippen LogP contribution in [0.15, 0.2) is 5.16 Å². The Labute approximate surface area is 80.7 Å². The minimum atomic E-state index is 0.272. The van der Waals surface area contributed by atoms with Crippen molar-refractivity contribution in [1.82, 2.24) is 14.8 Å². The largest absolute Gasteiger partial charge is 0.379 e. The van der Waals surface area contributed by atoms with Gasteiger partial charge in [0, 0.05) is 6.61 Å². The number of nitrogens with zero attached hydrogens (tertiary/aromatic N) is 3. The van der Waals surface area contributed by atoms with Crippen molar-refractivity contribution in [2.75, 3.05) is 25.2 Å². The third-order valence-corrected chi connectivity index (χ3v) is 2.61. The van der Waals surface area contributed by atoms with E-state index in [2.05, 4.69) is 10.1 Å². The maximum atomic E-state index is 5.72. The Kier molecular flexibility index (Phi) is 2.41. The lowest BCUT2D eigenvalue weighted by Crippen LogP contribution is -2.13. The van der Waals surface area contributed by atoms with Crippen LogP contribution < -0.4 is 5.73 Å². The van der Waals surface area contributed by atoms with Gasteiger partial charge in [0.2, 0.25) is 11.1 Å². The van der Waals surface area contributed by atoms with E-state index in [0.717, 1.165) is 18.2 Å². The molecule has 1 unspecified atom stereocenters. The van der Waals surface area contributed by atoms with Gasteiger partial charge in [0.05, 0.1) is 12.6 Å². The van der Waals surface area contributed by atoms with Crippen LogP contribution in [0.5, 0.6) is 0 Å². The van der Waals surface area contributed by atoms with E-state index in [1.54, 1.807) is 4.68 Å². The van der Waals surface area contributed by atoms with Crippen LogP contribution >= 0.6 is 11.8 Å². The quantitative estimate of drug-likeness (QED) is 0.706. The smallest absolute Gasteiger partial charge is 0.219 e. The van der Waals surface area contributed by atoms with Crippen molar-refractivity contribution < 1.29 is 4.74 Å². The summed E-state index contributed by atoms with van der Waals surface area (Å²) in [6.45, 7) is 1.49. The number of hydrogen-bond donors (Lipinski definition) is 1. The average molecular weight is 200 g/mol. The number of nitrogen functional groups attached to an aromatic ring is 1. The molecule has 1 aliphatic heterocycles. The molecule has 1 saturated heterocycles. The molecule has 0 aliphatic carbocycles. The minimum Gasteiger partial charge on any atom is -0.379 e. The first kappa shape index (κ1) is 8.83. The van der Waals surface area contributed by atoms with Gasteiger partial charge in [-0.15, -0.1) is 5.10 Å². The maximum Gasteiger partial charge on any atom is 0.219 e. The first-order chi connectivity index (χ1) is 6.31. The van der Waals surface area contributed by atoms with Crippen LogP contribution in [0.25, 0.3) is 0 Å². The second-order valence-corrected chi connectivity index (χ2v) is 3.69. The summed E-state index contributed by atoms with van der Waals surface area (Å²) < 4.78 is 7.02. The Morgan fingerprint density at radius 3 is 3.08 bits per heavy atom. The van der Waals surface area contributed by atoms with Gasteiger partial charge in [-0.1, -0.05) is 11.8 Å². The van der Waals surface area contributed by atoms with E-state index in [1.165, 1.54) is 11.8 Å². The Balaban J connectivity index is 2.22. The molecule has 2 N–H and O–H groups in total. The summed E-state index contributed by atoms with van der Waals surface area (Å²) in [4.78, 5) is 4.11. The Morgan fingerprint density at radius 2 is 2.54 bits per heavy atom. The van der Waals surface area contributed by atoms with Crippen LogP contribution in [-0.2, 0) is 4.74 Å². The van der Waals surface area contributed by atoms with Gasteiger partial charge in [-0.2, -0.15) is 4.98 Å². The SMILES string of the molecule is CSc1nc(N)n(C2CCOC2)n1. The average Bonchev–Trinajstić information content (AvgIpc) is 2.72. The van der Waals surface area contributed by atoms with Crippen LogP contribution in [0.4, 0.5) is 5.95 Å². The molecule has 1 fully saturated rings. The second kappa shape index (κ2) is 3.55. The van der Waals surface area contributed by atoms with Gasteiger partial charge in [-0.3, -0.25) is 0 Å². The van der Waals surface area contributed by atoms with Crippen molar-refractivity contribution in [3.63, 3.8) is 0 Å². The summed E-state index contributed by atoms with van der Waals surface area (Å²) in [5, 5.41) is 5.00. The van der Waals surface area contributed by atoms with Crippen molar-refractivity contribution in [3.8, 4) is 0 Å². The van der Waals surface area contributed by atoms with Crippen LogP contribution in [0, 0.1) is 0 Å². The second-order valence-electron chi connectivity index (χ2n) is 2.92. The normalized spacial score (nSPS) is 22.4. The molecule has 6 heteroatoms. The molecular weight excluding hydrogens is 188 g/mol. The van der Waals surface area contributed by atoms with Crippen molar-refractivity contribution in [2.45, 2.75) is 17.6 Å². The van der Waals surface area contributed by atoms with E-state index in [0.29, 0.717) is 12.6 Å². The standard InChI is InChI=1S/C7H12N4OS/c1-13-7-9-6(8)11(10-7)5-2-3-12-4-5/h5H,2-4H2,1H3,(H2,8,9,10). The lowest BCUT2D eigenvalue weighted by molar-refractivity contribution is 0.184. The van der Waals surface area contributed by atoms with E-state index in [1.807, 2.05) is 6.26 Å². The number of rotatable bonds is 2. The molecule has 1 aromatic heterocycles. The lowest BCUT2D eigenvalue weighted by atomic mass is 10.3. The number of ether oxygens (including phenoxy) is 1. The molecule has 1 aromatic rings. The van der Waals surface area contributed by atoms with E-state index in [-0.39, 0.29) is 6.04 Å². The monoisotopic (exact) mass is 200 g/mol. The van der Waals surface area contributed by atoms with Gasteiger partial charge in [0.15, 0.2) is 0 Å². The highest BCUT2D eigenvalue weighted by Gasteiger charge is 2.21. The minimum absolute atomic E-state index is 0.272. The highest BCUT2D eigenvalue weighted by molar-refractivity contribution is 7.98. The molecule has 0 bridgehead atoms. The van der Waals surface area contributed by atoms with Crippen molar-refractivity contribution in [2.24, 2.45) is 0 Å². The topological polar surface area (TPSA) is 66.0 Å². The highest BCUT2D eigenvalue weighted by atomic mass is 32.2. The number of hydrogen-bond acceptors (Lipinski definition) is 5. The van der Waals surface area contributed by atoms with Crippen LogP contribution in [0.3, 0.4) is 0 Å². The first-order valence-corrected chi connectivity index (χ1v) is 5.37. The summed E-state index contributed by atoms with van der Waals surface area (Å²) in [5.74, 6) is 0.486. The van der Waals surface area contributed by atoms with E-state index >= 15 is 0 Å². The molecule has 72 valence electrons. The highest BCUT2D eigenvalue weighted by Crippen LogP contribution is 2.22. The number of thioether (sulfide) groups is 1. The van der Waals surface area contributed by atoms with Gasteiger partial charge in [-0.25, -0.2) is 4.68 Å². The fourth-order valence-corrected chi connectivity index (χ4v) is 1.74. The van der Waals surface area contributed by atoms with Crippen LogP contribution in [0.1, 0.15) is 12.5 Å². The van der Waals surface area contributed by atoms with Crippen molar-refractivity contribution in [3.05, 3.63) is 0 Å². The summed E-state index contributed by atoms with van der Waals surface area (Å²) in [6.07, 6.45) is 2.91. The molecular formula is C7H12N4OS. The summed E-state index contributed by atoms with van der Waals surface area (Å²) in [6, 6.07) is 0.272. The van der Waals surface area contributed by atoms with Crippen LogP contribution in [-0.4, -0.2) is 34.2 Å². The molecule has 1 atom stereocenters. The van der Waals surface area contributed by atoms with Gasteiger partial charge >= 0.3 is 0 Å². The fraction of sp³-hybridized carbons (Fsp3) is 0.714. The van der Waals surface area contributed by atoms with Gasteiger partial charge < -0.3 is 10.5 Å². The molecule has 13 heavy (non-hydrogen) atoms. The third-order valence-electron chi connectivity index (χ3n) is 2.07. The molecule has 5 nitrogen and oxygen atoms in total. The first-order valence-electron chi connectivity index (χ1n) is 4.15. The Hall–Kier alpha value is -0.750. The third kappa shape index (κ3) is 1.64. The lowest BCUT2D eigenvalue weighted by Gasteiger charge is -2.07. The molecule has 0 aromatic carbocycles. The summed E-state index contributed by atoms with van der Waals surface area (Å²) in [7, 11) is 0. The molecule has 2 rings (SSSR count). The number of aromatic nitrogens is 3. The predicted octanol–water partition coefficient (Wildman–Crippen LogP) is 0.544. The fourth-order valence-electron chi connectivity index (χ4n) is 1.39. The zero-order valence-corrected chi connectivity index (χ0v) is 8.25.